The Morgan fingerprint density at radius 2 is 1.80 bits per heavy atom. The number of likely N-dealkylation sites (tertiary alicyclic amines) is 1. The van der Waals surface area contributed by atoms with Crippen molar-refractivity contribution in [3.63, 3.8) is 0 Å². The highest BCUT2D eigenvalue weighted by atomic mass is 16.2. The van der Waals surface area contributed by atoms with Crippen LogP contribution < -0.4 is 15.6 Å². The lowest BCUT2D eigenvalue weighted by Gasteiger charge is -2.22. The van der Waals surface area contributed by atoms with Gasteiger partial charge in [0, 0.05) is 0 Å². The van der Waals surface area contributed by atoms with Crippen LogP contribution in [0.2, 0.25) is 0 Å². The van der Waals surface area contributed by atoms with Crippen LogP contribution in [0.5, 0.6) is 0 Å². The first-order valence-corrected chi connectivity index (χ1v) is 8.86. The Morgan fingerprint density at radius 3 is 2.44 bits per heavy atom. The SMILES string of the molecule is C[C@]1(c2ccccc2)NC(=O)N(NC(=O)C[NH+]2CCCCCC2)C1=O. The van der Waals surface area contributed by atoms with E-state index in [1.807, 2.05) is 18.2 Å². The van der Waals surface area contributed by atoms with Crippen molar-refractivity contribution in [1.82, 2.24) is 15.8 Å². The number of hydrazine groups is 1. The van der Waals surface area contributed by atoms with Gasteiger partial charge < -0.3 is 10.2 Å². The summed E-state index contributed by atoms with van der Waals surface area (Å²) in [6, 6.07) is 8.43. The molecule has 2 fully saturated rings. The number of carbonyl (C=O) groups excluding carboxylic acids is 3. The van der Waals surface area contributed by atoms with Gasteiger partial charge in [0.05, 0.1) is 13.1 Å². The van der Waals surface area contributed by atoms with Crippen LogP contribution in [0.1, 0.15) is 38.2 Å². The minimum absolute atomic E-state index is 0.277. The lowest BCUT2D eigenvalue weighted by Crippen LogP contribution is -3.13. The predicted octanol–water partition coefficient (Wildman–Crippen LogP) is -0.0563. The number of nitrogens with one attached hydrogen (secondary N) is 3. The van der Waals surface area contributed by atoms with Crippen LogP contribution in [-0.2, 0) is 15.1 Å². The molecule has 1 aromatic rings. The Bertz CT molecular complexity index is 656. The number of amides is 4. The maximum atomic E-state index is 12.7. The monoisotopic (exact) mass is 345 g/mol. The molecule has 2 heterocycles. The normalized spacial score (nSPS) is 24.8. The number of urea groups is 1. The number of carbonyl (C=O) groups is 3. The Kier molecular flexibility index (Phi) is 5.03. The van der Waals surface area contributed by atoms with Crippen molar-refractivity contribution in [2.75, 3.05) is 19.6 Å². The summed E-state index contributed by atoms with van der Waals surface area (Å²) in [6.07, 6.45) is 4.62. The number of nitrogens with zero attached hydrogens (tertiary/aromatic N) is 1. The van der Waals surface area contributed by atoms with Crippen molar-refractivity contribution in [2.24, 2.45) is 0 Å². The maximum absolute atomic E-state index is 12.7. The van der Waals surface area contributed by atoms with Crippen molar-refractivity contribution >= 4 is 17.8 Å². The van der Waals surface area contributed by atoms with E-state index < -0.39 is 17.5 Å². The maximum Gasteiger partial charge on any atom is 0.344 e. The topological polar surface area (TPSA) is 83.0 Å². The van der Waals surface area contributed by atoms with E-state index in [0.29, 0.717) is 5.56 Å². The van der Waals surface area contributed by atoms with E-state index in [2.05, 4.69) is 10.7 Å². The molecule has 2 saturated heterocycles. The quantitative estimate of drug-likeness (QED) is 0.669. The van der Waals surface area contributed by atoms with Crippen molar-refractivity contribution < 1.29 is 19.3 Å². The standard InChI is InChI=1S/C18H24N4O3/c1-18(14-9-5-4-6-10-14)16(24)22(17(25)19-18)20-15(23)13-21-11-7-2-3-8-12-21/h4-6,9-10H,2-3,7-8,11-13H2,1H3,(H,19,25)(H,20,23)/p+1/t18-/m1/s1. The van der Waals surface area contributed by atoms with Crippen LogP contribution in [-0.4, -0.2) is 42.5 Å². The molecule has 1 atom stereocenters. The molecule has 1 aromatic carbocycles. The molecule has 0 radical (unpaired) electrons. The first-order chi connectivity index (χ1) is 12.0. The molecule has 2 aliphatic heterocycles. The average molecular weight is 345 g/mol. The number of quaternary nitrogens is 1. The number of hydrogen-bond acceptors (Lipinski definition) is 3. The van der Waals surface area contributed by atoms with Gasteiger partial charge in [-0.05, 0) is 38.2 Å². The third kappa shape index (κ3) is 3.66. The van der Waals surface area contributed by atoms with Crippen LogP contribution in [0, 0.1) is 0 Å². The Balaban J connectivity index is 1.65. The lowest BCUT2D eigenvalue weighted by molar-refractivity contribution is -0.891. The summed E-state index contributed by atoms with van der Waals surface area (Å²) < 4.78 is 0. The van der Waals surface area contributed by atoms with Gasteiger partial charge in [-0.25, -0.2) is 4.79 Å². The summed E-state index contributed by atoms with van der Waals surface area (Å²) in [6.45, 7) is 3.83. The molecule has 0 spiro atoms. The molecule has 4 amide bonds. The number of imide groups is 1. The van der Waals surface area contributed by atoms with Crippen molar-refractivity contribution in [2.45, 2.75) is 38.1 Å². The molecule has 25 heavy (non-hydrogen) atoms. The van der Waals surface area contributed by atoms with Crippen LogP contribution in [0.3, 0.4) is 0 Å². The van der Waals surface area contributed by atoms with Crippen LogP contribution in [0.15, 0.2) is 30.3 Å². The molecule has 7 nitrogen and oxygen atoms in total. The summed E-state index contributed by atoms with van der Waals surface area (Å²) in [5.41, 5.74) is 2.00. The fourth-order valence-electron chi connectivity index (χ4n) is 3.50. The van der Waals surface area contributed by atoms with Gasteiger partial charge in [-0.1, -0.05) is 30.3 Å². The zero-order valence-electron chi connectivity index (χ0n) is 14.5. The number of hydrogen-bond donors (Lipinski definition) is 3. The molecule has 7 heteroatoms. The zero-order chi connectivity index (χ0) is 17.9. The molecular weight excluding hydrogens is 320 g/mol. The fraction of sp³-hybridized carbons (Fsp3) is 0.500. The summed E-state index contributed by atoms with van der Waals surface area (Å²) >= 11 is 0. The first kappa shape index (κ1) is 17.4. The second-order valence-corrected chi connectivity index (χ2v) is 6.94. The fourth-order valence-corrected chi connectivity index (χ4v) is 3.50. The molecule has 2 aliphatic rings. The molecular formula is C18H25N4O3+. The number of rotatable bonds is 4. The smallest absolute Gasteiger partial charge is 0.327 e. The highest BCUT2D eigenvalue weighted by Crippen LogP contribution is 2.27. The summed E-state index contributed by atoms with van der Waals surface area (Å²) in [4.78, 5) is 38.5. The van der Waals surface area contributed by atoms with Gasteiger partial charge in [0.25, 0.3) is 11.8 Å². The van der Waals surface area contributed by atoms with Crippen LogP contribution >= 0.6 is 0 Å². The van der Waals surface area contributed by atoms with Gasteiger partial charge in [0.15, 0.2) is 6.54 Å². The largest absolute Gasteiger partial charge is 0.344 e. The van der Waals surface area contributed by atoms with E-state index in [-0.39, 0.29) is 12.5 Å². The molecule has 0 bridgehead atoms. The van der Waals surface area contributed by atoms with Crippen molar-refractivity contribution in [3.05, 3.63) is 35.9 Å². The van der Waals surface area contributed by atoms with E-state index in [0.717, 1.165) is 30.9 Å². The minimum Gasteiger partial charge on any atom is -0.327 e. The van der Waals surface area contributed by atoms with Gasteiger partial charge in [-0.15, -0.1) is 0 Å². The van der Waals surface area contributed by atoms with Crippen molar-refractivity contribution in [3.8, 4) is 0 Å². The van der Waals surface area contributed by atoms with E-state index in [9.17, 15) is 14.4 Å². The van der Waals surface area contributed by atoms with Crippen LogP contribution in [0.4, 0.5) is 4.79 Å². The molecule has 0 saturated carbocycles. The van der Waals surface area contributed by atoms with Gasteiger partial charge in [-0.3, -0.25) is 15.0 Å². The number of benzene rings is 1. The van der Waals surface area contributed by atoms with E-state index in [1.165, 1.54) is 17.7 Å². The van der Waals surface area contributed by atoms with E-state index in [4.69, 9.17) is 0 Å². The third-order valence-electron chi connectivity index (χ3n) is 5.00. The Labute approximate surface area is 147 Å². The van der Waals surface area contributed by atoms with E-state index >= 15 is 0 Å². The average Bonchev–Trinajstić information content (AvgIpc) is 2.80. The summed E-state index contributed by atoms with van der Waals surface area (Å²) in [5.74, 6) is -0.777. The predicted molar refractivity (Wildman–Crippen MR) is 91.3 cm³/mol. The second-order valence-electron chi connectivity index (χ2n) is 6.94. The van der Waals surface area contributed by atoms with Gasteiger partial charge in [0.1, 0.15) is 5.54 Å². The highest BCUT2D eigenvalue weighted by Gasteiger charge is 2.50. The lowest BCUT2D eigenvalue weighted by atomic mass is 9.92. The van der Waals surface area contributed by atoms with Crippen LogP contribution in [0.25, 0.3) is 0 Å². The van der Waals surface area contributed by atoms with E-state index in [1.54, 1.807) is 19.1 Å². The summed E-state index contributed by atoms with van der Waals surface area (Å²) in [5, 5.41) is 3.49. The zero-order valence-corrected chi connectivity index (χ0v) is 14.5. The highest BCUT2D eigenvalue weighted by molar-refractivity contribution is 6.08. The Hall–Kier alpha value is -2.41. The molecule has 3 rings (SSSR count). The second kappa shape index (κ2) is 7.23. The van der Waals surface area contributed by atoms with Crippen molar-refractivity contribution in [1.29, 1.82) is 0 Å². The first-order valence-electron chi connectivity index (χ1n) is 8.86. The molecule has 134 valence electrons. The molecule has 0 aliphatic carbocycles. The Morgan fingerprint density at radius 1 is 1.16 bits per heavy atom. The molecule has 3 N–H and O–H groups in total. The minimum atomic E-state index is -1.17. The third-order valence-corrected chi connectivity index (χ3v) is 5.00. The molecule has 0 aromatic heterocycles. The van der Waals surface area contributed by atoms with Gasteiger partial charge >= 0.3 is 6.03 Å². The van der Waals surface area contributed by atoms with Gasteiger partial charge in [0.2, 0.25) is 0 Å². The van der Waals surface area contributed by atoms with Gasteiger partial charge in [-0.2, -0.15) is 5.01 Å². The summed E-state index contributed by atoms with van der Waals surface area (Å²) in [7, 11) is 0. The molecule has 0 unspecified atom stereocenters.